The second-order valence-electron chi connectivity index (χ2n) is 5.24. The molecule has 1 atom stereocenters. The fourth-order valence-electron chi connectivity index (χ4n) is 2.32. The Morgan fingerprint density at radius 2 is 1.94 bits per heavy atom. The molecule has 1 aromatic rings. The molecule has 0 amide bonds. The van der Waals surface area contributed by atoms with Gasteiger partial charge in [-0.05, 0) is 50.3 Å². The number of benzene rings is 1. The summed E-state index contributed by atoms with van der Waals surface area (Å²) in [6, 6.07) is 4.76. The molecule has 0 saturated heterocycles. The normalized spacial score (nSPS) is 16.8. The van der Waals surface area contributed by atoms with Gasteiger partial charge in [-0.3, -0.25) is 0 Å². The van der Waals surface area contributed by atoms with Crippen molar-refractivity contribution >= 4 is 0 Å². The quantitative estimate of drug-likeness (QED) is 0.781. The summed E-state index contributed by atoms with van der Waals surface area (Å²) >= 11 is 0. The average Bonchev–Trinajstić information content (AvgIpc) is 3.15. The maximum Gasteiger partial charge on any atom is 0.129 e. The lowest BCUT2D eigenvalue weighted by Gasteiger charge is -2.17. The first-order chi connectivity index (χ1) is 8.70. The molecule has 18 heavy (non-hydrogen) atoms. The van der Waals surface area contributed by atoms with Gasteiger partial charge in [0.2, 0.25) is 0 Å². The van der Waals surface area contributed by atoms with Crippen LogP contribution in [0, 0.1) is 17.6 Å². The van der Waals surface area contributed by atoms with Crippen LogP contribution in [0.15, 0.2) is 18.2 Å². The Balaban J connectivity index is 1.97. The average molecular weight is 253 g/mol. The summed E-state index contributed by atoms with van der Waals surface area (Å²) in [6.07, 6.45) is 5.03. The van der Waals surface area contributed by atoms with Crippen LogP contribution < -0.4 is 5.32 Å². The largest absolute Gasteiger partial charge is 0.314 e. The Hall–Kier alpha value is -0.960. The van der Waals surface area contributed by atoms with E-state index < -0.39 is 11.6 Å². The van der Waals surface area contributed by atoms with Crippen LogP contribution in [0.25, 0.3) is 0 Å². The highest BCUT2D eigenvalue weighted by atomic mass is 19.1. The summed E-state index contributed by atoms with van der Waals surface area (Å²) in [5.41, 5.74) is 0.244. The summed E-state index contributed by atoms with van der Waals surface area (Å²) in [5.74, 6) is -0.507. The monoisotopic (exact) mass is 253 g/mol. The van der Waals surface area contributed by atoms with Gasteiger partial charge in [0.05, 0.1) is 0 Å². The maximum atomic E-state index is 13.6. The Kier molecular flexibility index (Phi) is 4.70. The van der Waals surface area contributed by atoms with E-state index in [1.54, 1.807) is 0 Å². The highest BCUT2D eigenvalue weighted by Gasteiger charge is 2.22. The SMILES string of the molecule is CCCC(CNC1CC1)Cc1c(F)cccc1F. The second kappa shape index (κ2) is 6.28. The van der Waals surface area contributed by atoms with Gasteiger partial charge in [0.25, 0.3) is 0 Å². The Labute approximate surface area is 108 Å². The van der Waals surface area contributed by atoms with Crippen LogP contribution in [-0.4, -0.2) is 12.6 Å². The molecule has 3 heteroatoms. The van der Waals surface area contributed by atoms with Gasteiger partial charge in [-0.2, -0.15) is 0 Å². The zero-order chi connectivity index (χ0) is 13.0. The molecule has 1 fully saturated rings. The molecule has 1 saturated carbocycles. The summed E-state index contributed by atoms with van der Waals surface area (Å²) in [7, 11) is 0. The van der Waals surface area contributed by atoms with Crippen molar-refractivity contribution in [3.05, 3.63) is 35.4 Å². The van der Waals surface area contributed by atoms with Crippen LogP contribution in [0.3, 0.4) is 0 Å². The molecule has 2 rings (SSSR count). The molecule has 1 aliphatic rings. The number of nitrogens with one attached hydrogen (secondary N) is 1. The summed E-state index contributed by atoms with van der Waals surface area (Å²) in [6.45, 7) is 2.98. The number of rotatable bonds is 7. The molecule has 0 bridgehead atoms. The van der Waals surface area contributed by atoms with E-state index in [0.29, 0.717) is 18.4 Å². The molecule has 0 aliphatic heterocycles. The molecule has 0 aromatic heterocycles. The van der Waals surface area contributed by atoms with Crippen molar-refractivity contribution in [2.24, 2.45) is 5.92 Å². The van der Waals surface area contributed by atoms with E-state index in [4.69, 9.17) is 0 Å². The minimum atomic E-state index is -0.414. The van der Waals surface area contributed by atoms with Crippen LogP contribution in [0.1, 0.15) is 38.2 Å². The fourth-order valence-corrected chi connectivity index (χ4v) is 2.32. The molecule has 1 aliphatic carbocycles. The van der Waals surface area contributed by atoms with Crippen LogP contribution in [0.2, 0.25) is 0 Å². The van der Waals surface area contributed by atoms with Crippen molar-refractivity contribution in [3.8, 4) is 0 Å². The van der Waals surface area contributed by atoms with Crippen LogP contribution in [-0.2, 0) is 6.42 Å². The summed E-state index contributed by atoms with van der Waals surface area (Å²) in [5, 5.41) is 3.46. The van der Waals surface area contributed by atoms with E-state index in [0.717, 1.165) is 19.4 Å². The minimum Gasteiger partial charge on any atom is -0.314 e. The van der Waals surface area contributed by atoms with Crippen LogP contribution in [0.5, 0.6) is 0 Å². The predicted molar refractivity (Wildman–Crippen MR) is 69.5 cm³/mol. The van der Waals surface area contributed by atoms with Crippen molar-refractivity contribution in [1.29, 1.82) is 0 Å². The van der Waals surface area contributed by atoms with Gasteiger partial charge < -0.3 is 5.32 Å². The van der Waals surface area contributed by atoms with Gasteiger partial charge >= 0.3 is 0 Å². The topological polar surface area (TPSA) is 12.0 Å². The first kappa shape index (κ1) is 13.5. The van der Waals surface area contributed by atoms with Crippen LogP contribution >= 0.6 is 0 Å². The molecule has 0 spiro atoms. The summed E-state index contributed by atoms with van der Waals surface area (Å²) < 4.78 is 27.2. The number of hydrogen-bond acceptors (Lipinski definition) is 1. The van der Waals surface area contributed by atoms with Gasteiger partial charge in [-0.15, -0.1) is 0 Å². The minimum absolute atomic E-state index is 0.244. The van der Waals surface area contributed by atoms with Crippen LogP contribution in [0.4, 0.5) is 8.78 Å². The molecule has 100 valence electrons. The first-order valence-corrected chi connectivity index (χ1v) is 6.87. The third kappa shape index (κ3) is 3.77. The lowest BCUT2D eigenvalue weighted by atomic mass is 9.94. The summed E-state index contributed by atoms with van der Waals surface area (Å²) in [4.78, 5) is 0. The van der Waals surface area contributed by atoms with Crippen molar-refractivity contribution in [1.82, 2.24) is 5.32 Å². The maximum absolute atomic E-state index is 13.6. The van der Waals surface area contributed by atoms with Crippen molar-refractivity contribution < 1.29 is 8.78 Å². The van der Waals surface area contributed by atoms with E-state index in [1.807, 2.05) is 0 Å². The highest BCUT2D eigenvalue weighted by molar-refractivity contribution is 5.20. The van der Waals surface area contributed by atoms with Crippen molar-refractivity contribution in [3.63, 3.8) is 0 Å². The zero-order valence-electron chi connectivity index (χ0n) is 10.9. The van der Waals surface area contributed by atoms with Crippen molar-refractivity contribution in [2.45, 2.75) is 45.1 Å². The number of hydrogen-bond donors (Lipinski definition) is 1. The lowest BCUT2D eigenvalue weighted by Crippen LogP contribution is -2.26. The Morgan fingerprint density at radius 3 is 2.50 bits per heavy atom. The molecular formula is C15H21F2N. The van der Waals surface area contributed by atoms with Gasteiger partial charge in [0.15, 0.2) is 0 Å². The molecule has 1 aromatic carbocycles. The standard InChI is InChI=1S/C15H21F2N/c1-2-4-11(10-18-12-7-8-12)9-13-14(16)5-3-6-15(13)17/h3,5-6,11-12,18H,2,4,7-10H2,1H3. The molecular weight excluding hydrogens is 232 g/mol. The molecule has 1 unspecified atom stereocenters. The molecule has 0 radical (unpaired) electrons. The van der Waals surface area contributed by atoms with Gasteiger partial charge in [0.1, 0.15) is 11.6 Å². The third-order valence-corrected chi connectivity index (χ3v) is 3.52. The molecule has 0 heterocycles. The van der Waals surface area contributed by atoms with Gasteiger partial charge in [-0.25, -0.2) is 8.78 Å². The van der Waals surface area contributed by atoms with Crippen molar-refractivity contribution in [2.75, 3.05) is 6.54 Å². The van der Waals surface area contributed by atoms with E-state index in [9.17, 15) is 8.78 Å². The van der Waals surface area contributed by atoms with E-state index >= 15 is 0 Å². The number of halogens is 2. The first-order valence-electron chi connectivity index (χ1n) is 6.87. The fraction of sp³-hybridized carbons (Fsp3) is 0.600. The Morgan fingerprint density at radius 1 is 1.28 bits per heavy atom. The molecule has 1 N–H and O–H groups in total. The smallest absolute Gasteiger partial charge is 0.129 e. The highest BCUT2D eigenvalue weighted by Crippen LogP contribution is 2.22. The molecule has 1 nitrogen and oxygen atoms in total. The van der Waals surface area contributed by atoms with E-state index in [2.05, 4.69) is 12.2 Å². The Bertz CT molecular complexity index is 368. The predicted octanol–water partition coefficient (Wildman–Crippen LogP) is 3.68. The van der Waals surface area contributed by atoms with E-state index in [1.165, 1.54) is 31.0 Å². The lowest BCUT2D eigenvalue weighted by molar-refractivity contribution is 0.420. The van der Waals surface area contributed by atoms with Gasteiger partial charge in [0, 0.05) is 11.6 Å². The third-order valence-electron chi connectivity index (χ3n) is 3.52. The van der Waals surface area contributed by atoms with E-state index in [-0.39, 0.29) is 5.56 Å². The second-order valence-corrected chi connectivity index (χ2v) is 5.24. The van der Waals surface area contributed by atoms with Gasteiger partial charge in [-0.1, -0.05) is 19.4 Å². The zero-order valence-corrected chi connectivity index (χ0v) is 10.9.